The lowest BCUT2D eigenvalue weighted by Gasteiger charge is -2.37. The second-order valence-corrected chi connectivity index (χ2v) is 4.57. The lowest BCUT2D eigenvalue weighted by atomic mass is 9.80. The molecule has 1 atom stereocenters. The molecule has 0 amide bonds. The topological polar surface area (TPSA) is 41.5 Å². The number of rotatable bonds is 7. The fraction of sp³-hybridized carbons (Fsp3) is 0.571. The van der Waals surface area contributed by atoms with Gasteiger partial charge in [-0.15, -0.1) is 0 Å². The molecule has 96 valence electrons. The van der Waals surface area contributed by atoms with E-state index in [4.69, 9.17) is 4.74 Å². The van der Waals surface area contributed by atoms with Gasteiger partial charge in [0.2, 0.25) is 0 Å². The van der Waals surface area contributed by atoms with Gasteiger partial charge in [0.25, 0.3) is 0 Å². The van der Waals surface area contributed by atoms with E-state index in [-0.39, 0.29) is 12.1 Å². The summed E-state index contributed by atoms with van der Waals surface area (Å²) >= 11 is 0. The van der Waals surface area contributed by atoms with Crippen LogP contribution in [0, 0.1) is 5.92 Å². The van der Waals surface area contributed by atoms with Gasteiger partial charge in [-0.1, -0.05) is 44.2 Å². The Morgan fingerprint density at radius 1 is 1.29 bits per heavy atom. The van der Waals surface area contributed by atoms with Crippen LogP contribution in [0.1, 0.15) is 19.4 Å². The van der Waals surface area contributed by atoms with Crippen LogP contribution in [-0.4, -0.2) is 32.0 Å². The van der Waals surface area contributed by atoms with Crippen molar-refractivity contribution in [2.75, 3.05) is 26.9 Å². The first-order valence-corrected chi connectivity index (χ1v) is 6.07. The van der Waals surface area contributed by atoms with E-state index >= 15 is 0 Å². The van der Waals surface area contributed by atoms with Crippen molar-refractivity contribution in [3.63, 3.8) is 0 Å². The SMILES string of the molecule is COCCNC(CO)(c1ccccc1)C(C)C. The molecule has 2 N–H and O–H groups in total. The van der Waals surface area contributed by atoms with Gasteiger partial charge in [-0.05, 0) is 11.5 Å². The number of aliphatic hydroxyl groups is 1. The Bertz CT molecular complexity index is 313. The molecular weight excluding hydrogens is 214 g/mol. The van der Waals surface area contributed by atoms with Crippen molar-refractivity contribution in [2.45, 2.75) is 19.4 Å². The third kappa shape index (κ3) is 3.28. The number of hydrogen-bond acceptors (Lipinski definition) is 3. The molecule has 0 fully saturated rings. The molecule has 0 spiro atoms. The zero-order valence-corrected chi connectivity index (χ0v) is 10.9. The van der Waals surface area contributed by atoms with Crippen molar-refractivity contribution in [3.8, 4) is 0 Å². The fourth-order valence-electron chi connectivity index (χ4n) is 2.08. The number of aliphatic hydroxyl groups excluding tert-OH is 1. The van der Waals surface area contributed by atoms with Crippen LogP contribution in [0.5, 0.6) is 0 Å². The third-order valence-electron chi connectivity index (χ3n) is 3.27. The van der Waals surface area contributed by atoms with Crippen molar-refractivity contribution in [2.24, 2.45) is 5.92 Å². The molecule has 0 radical (unpaired) electrons. The van der Waals surface area contributed by atoms with Crippen molar-refractivity contribution in [1.82, 2.24) is 5.32 Å². The highest BCUT2D eigenvalue weighted by Gasteiger charge is 2.34. The molecule has 1 rings (SSSR count). The van der Waals surface area contributed by atoms with Crippen LogP contribution < -0.4 is 5.32 Å². The predicted molar refractivity (Wildman–Crippen MR) is 69.9 cm³/mol. The Morgan fingerprint density at radius 3 is 2.41 bits per heavy atom. The van der Waals surface area contributed by atoms with E-state index in [1.165, 1.54) is 0 Å². The number of benzene rings is 1. The second kappa shape index (κ2) is 6.74. The second-order valence-electron chi connectivity index (χ2n) is 4.57. The minimum Gasteiger partial charge on any atom is -0.394 e. The van der Waals surface area contributed by atoms with Gasteiger partial charge in [-0.2, -0.15) is 0 Å². The molecule has 3 heteroatoms. The molecule has 17 heavy (non-hydrogen) atoms. The average Bonchev–Trinajstić information content (AvgIpc) is 2.36. The lowest BCUT2D eigenvalue weighted by molar-refractivity contribution is 0.102. The minimum atomic E-state index is -0.389. The number of ether oxygens (including phenoxy) is 1. The molecule has 1 unspecified atom stereocenters. The third-order valence-corrected chi connectivity index (χ3v) is 3.27. The first kappa shape index (κ1) is 14.2. The largest absolute Gasteiger partial charge is 0.394 e. The molecule has 0 heterocycles. The normalized spacial score (nSPS) is 14.9. The molecule has 1 aromatic carbocycles. The van der Waals surface area contributed by atoms with E-state index in [0.29, 0.717) is 12.5 Å². The Hall–Kier alpha value is -0.900. The molecule has 0 aliphatic rings. The van der Waals surface area contributed by atoms with Crippen LogP contribution in [0.15, 0.2) is 30.3 Å². The predicted octanol–water partition coefficient (Wildman–Crippen LogP) is 1.77. The van der Waals surface area contributed by atoms with Crippen LogP contribution in [0.2, 0.25) is 0 Å². The van der Waals surface area contributed by atoms with Crippen molar-refractivity contribution in [3.05, 3.63) is 35.9 Å². The molecule has 0 aliphatic carbocycles. The summed E-state index contributed by atoms with van der Waals surface area (Å²) in [6, 6.07) is 10.1. The van der Waals surface area contributed by atoms with Crippen molar-refractivity contribution in [1.29, 1.82) is 0 Å². The van der Waals surface area contributed by atoms with Gasteiger partial charge in [0.1, 0.15) is 0 Å². The van der Waals surface area contributed by atoms with E-state index in [1.54, 1.807) is 7.11 Å². The summed E-state index contributed by atoms with van der Waals surface area (Å²) in [4.78, 5) is 0. The van der Waals surface area contributed by atoms with Crippen LogP contribution >= 0.6 is 0 Å². The summed E-state index contributed by atoms with van der Waals surface area (Å²) in [5.74, 6) is 0.298. The molecular formula is C14H23NO2. The highest BCUT2D eigenvalue weighted by Crippen LogP contribution is 2.28. The van der Waals surface area contributed by atoms with Gasteiger partial charge < -0.3 is 15.2 Å². The Balaban J connectivity index is 2.92. The highest BCUT2D eigenvalue weighted by molar-refractivity contribution is 5.25. The quantitative estimate of drug-likeness (QED) is 0.710. The Kier molecular flexibility index (Phi) is 5.62. The van der Waals surface area contributed by atoms with E-state index in [9.17, 15) is 5.11 Å². The summed E-state index contributed by atoms with van der Waals surface area (Å²) < 4.78 is 5.05. The molecule has 0 saturated heterocycles. The number of hydrogen-bond donors (Lipinski definition) is 2. The maximum Gasteiger partial charge on any atom is 0.0693 e. The zero-order chi connectivity index (χ0) is 12.7. The summed E-state index contributed by atoms with van der Waals surface area (Å²) in [6.45, 7) is 5.68. The minimum absolute atomic E-state index is 0.0817. The van der Waals surface area contributed by atoms with Gasteiger partial charge >= 0.3 is 0 Å². The van der Waals surface area contributed by atoms with Gasteiger partial charge in [-0.25, -0.2) is 0 Å². The van der Waals surface area contributed by atoms with Gasteiger partial charge in [0.05, 0.1) is 18.8 Å². The van der Waals surface area contributed by atoms with E-state index in [0.717, 1.165) is 12.1 Å². The highest BCUT2D eigenvalue weighted by atomic mass is 16.5. The van der Waals surface area contributed by atoms with Gasteiger partial charge in [0.15, 0.2) is 0 Å². The molecule has 1 aromatic rings. The smallest absolute Gasteiger partial charge is 0.0693 e. The monoisotopic (exact) mass is 237 g/mol. The van der Waals surface area contributed by atoms with Crippen LogP contribution in [0.3, 0.4) is 0 Å². The van der Waals surface area contributed by atoms with E-state index in [2.05, 4.69) is 31.3 Å². The summed E-state index contributed by atoms with van der Waals surface area (Å²) in [5.41, 5.74) is 0.730. The maximum absolute atomic E-state index is 9.80. The van der Waals surface area contributed by atoms with Crippen LogP contribution in [0.4, 0.5) is 0 Å². The number of methoxy groups -OCH3 is 1. The lowest BCUT2D eigenvalue weighted by Crippen LogP contribution is -2.50. The first-order chi connectivity index (χ1) is 8.17. The zero-order valence-electron chi connectivity index (χ0n) is 10.9. The van der Waals surface area contributed by atoms with Gasteiger partial charge in [-0.3, -0.25) is 0 Å². The molecule has 0 saturated carbocycles. The Morgan fingerprint density at radius 2 is 1.94 bits per heavy atom. The van der Waals surface area contributed by atoms with E-state index in [1.807, 2.05) is 18.2 Å². The first-order valence-electron chi connectivity index (χ1n) is 6.07. The maximum atomic E-state index is 9.80. The Labute approximate surface area is 104 Å². The van der Waals surface area contributed by atoms with E-state index < -0.39 is 0 Å². The summed E-state index contributed by atoms with van der Waals surface area (Å²) in [5, 5.41) is 13.2. The molecule has 0 aliphatic heterocycles. The summed E-state index contributed by atoms with van der Waals surface area (Å²) in [6.07, 6.45) is 0. The van der Waals surface area contributed by atoms with Crippen LogP contribution in [0.25, 0.3) is 0 Å². The van der Waals surface area contributed by atoms with Crippen LogP contribution in [-0.2, 0) is 10.3 Å². The van der Waals surface area contributed by atoms with Gasteiger partial charge in [0, 0.05) is 13.7 Å². The number of nitrogens with one attached hydrogen (secondary N) is 1. The van der Waals surface area contributed by atoms with Crippen molar-refractivity contribution >= 4 is 0 Å². The molecule has 3 nitrogen and oxygen atoms in total. The fourth-order valence-corrected chi connectivity index (χ4v) is 2.08. The molecule has 0 bridgehead atoms. The molecule has 0 aromatic heterocycles. The summed E-state index contributed by atoms with van der Waals surface area (Å²) in [7, 11) is 1.68. The standard InChI is InChI=1S/C14H23NO2/c1-12(2)14(11-16,15-9-10-17-3)13-7-5-4-6-8-13/h4-8,12,15-16H,9-11H2,1-3H3. The average molecular weight is 237 g/mol. The van der Waals surface area contributed by atoms with Crippen molar-refractivity contribution < 1.29 is 9.84 Å².